The highest BCUT2D eigenvalue weighted by Gasteiger charge is 2.33. The number of hydrogen-bond acceptors (Lipinski definition) is 5. The van der Waals surface area contributed by atoms with Crippen molar-refractivity contribution in [2.24, 2.45) is 0 Å². The molecule has 0 spiro atoms. The topological polar surface area (TPSA) is 61.2 Å². The van der Waals surface area contributed by atoms with Crippen molar-refractivity contribution in [2.75, 3.05) is 40.5 Å². The average Bonchev–Trinajstić information content (AvgIpc) is 3.22. The van der Waals surface area contributed by atoms with Gasteiger partial charge in [-0.15, -0.1) is 11.3 Å². The summed E-state index contributed by atoms with van der Waals surface area (Å²) in [5.41, 5.74) is 0.477. The third-order valence-corrected chi connectivity index (χ3v) is 5.89. The fraction of sp³-hybridized carbons (Fsp3) is 0.450. The first kappa shape index (κ1) is 19.7. The van der Waals surface area contributed by atoms with E-state index in [1.165, 1.54) is 9.78 Å². The molecular weight excluding hydrogens is 364 g/mol. The van der Waals surface area contributed by atoms with Crippen LogP contribution in [-0.2, 0) is 4.74 Å². The van der Waals surface area contributed by atoms with Gasteiger partial charge in [-0.2, -0.15) is 0 Å². The number of hydrogen-bond donors (Lipinski definition) is 2. The summed E-state index contributed by atoms with van der Waals surface area (Å²) >= 11 is 1.73. The number of methoxy groups -OCH3 is 2. The monoisotopic (exact) mass is 391 g/mol. The number of ether oxygens (including phenoxy) is 3. The van der Waals surface area contributed by atoms with Crippen molar-refractivity contribution in [3.05, 3.63) is 46.2 Å². The Bertz CT molecular complexity index is 744. The molecule has 27 heavy (non-hydrogen) atoms. The SMILES string of the molecule is COc1cccc(C(=O)N[C@H](C)[C@@H](c2cccs2)[NH+]2CCOCC2)c1OC. The molecule has 1 aliphatic heterocycles. The Morgan fingerprint density at radius 3 is 2.59 bits per heavy atom. The standard InChI is InChI=1S/C20H26N2O4S/c1-14(18(17-8-5-13-27-17)22-9-11-26-12-10-22)21-20(23)15-6-4-7-16(24-2)19(15)25-3/h4-8,13-14,18H,9-12H2,1-3H3,(H,21,23)/p+1/t14-,18+/m1/s1. The highest BCUT2D eigenvalue weighted by Crippen LogP contribution is 2.31. The van der Waals surface area contributed by atoms with Gasteiger partial charge in [-0.05, 0) is 30.5 Å². The summed E-state index contributed by atoms with van der Waals surface area (Å²) in [6.45, 7) is 5.44. The molecule has 0 saturated carbocycles. The molecule has 1 aliphatic rings. The Morgan fingerprint density at radius 1 is 1.19 bits per heavy atom. The minimum absolute atomic E-state index is 0.0415. The molecule has 6 nitrogen and oxygen atoms in total. The molecule has 1 saturated heterocycles. The number of thiophene rings is 1. The molecule has 146 valence electrons. The van der Waals surface area contributed by atoms with Gasteiger partial charge in [-0.25, -0.2) is 0 Å². The van der Waals surface area contributed by atoms with Crippen LogP contribution in [0.2, 0.25) is 0 Å². The quantitative estimate of drug-likeness (QED) is 0.752. The largest absolute Gasteiger partial charge is 0.493 e. The second-order valence-corrected chi connectivity index (χ2v) is 7.55. The van der Waals surface area contributed by atoms with Crippen LogP contribution in [0, 0.1) is 0 Å². The lowest BCUT2D eigenvalue weighted by Crippen LogP contribution is -3.15. The van der Waals surface area contributed by atoms with E-state index in [0.717, 1.165) is 26.3 Å². The van der Waals surface area contributed by atoms with Crippen molar-refractivity contribution in [3.8, 4) is 11.5 Å². The highest BCUT2D eigenvalue weighted by molar-refractivity contribution is 7.10. The summed E-state index contributed by atoms with van der Waals surface area (Å²) in [4.78, 5) is 15.7. The Balaban J connectivity index is 1.81. The summed E-state index contributed by atoms with van der Waals surface area (Å²) < 4.78 is 16.2. The molecule has 1 amide bonds. The summed E-state index contributed by atoms with van der Waals surface area (Å²) in [6.07, 6.45) is 0. The summed E-state index contributed by atoms with van der Waals surface area (Å²) in [6, 6.07) is 9.69. The number of quaternary nitrogens is 1. The lowest BCUT2D eigenvalue weighted by atomic mass is 10.0. The Kier molecular flexibility index (Phi) is 6.71. The van der Waals surface area contributed by atoms with E-state index in [1.807, 2.05) is 0 Å². The van der Waals surface area contributed by atoms with Gasteiger partial charge in [-0.1, -0.05) is 12.1 Å². The highest BCUT2D eigenvalue weighted by atomic mass is 32.1. The fourth-order valence-electron chi connectivity index (χ4n) is 3.65. The van der Waals surface area contributed by atoms with Gasteiger partial charge in [0, 0.05) is 0 Å². The van der Waals surface area contributed by atoms with Crippen LogP contribution in [0.4, 0.5) is 0 Å². The molecule has 1 aromatic heterocycles. The molecule has 0 bridgehead atoms. The Hall–Kier alpha value is -2.09. The van der Waals surface area contributed by atoms with E-state index < -0.39 is 0 Å². The molecule has 0 aliphatic carbocycles. The zero-order valence-electron chi connectivity index (χ0n) is 16.0. The van der Waals surface area contributed by atoms with Gasteiger partial charge in [0.05, 0.1) is 43.9 Å². The van der Waals surface area contributed by atoms with Crippen LogP contribution in [0.5, 0.6) is 11.5 Å². The van der Waals surface area contributed by atoms with Gasteiger partial charge < -0.3 is 24.4 Å². The summed E-state index contributed by atoms with van der Waals surface area (Å²) in [5.74, 6) is 0.843. The van der Waals surface area contributed by atoms with Crippen molar-refractivity contribution >= 4 is 17.2 Å². The van der Waals surface area contributed by atoms with Crippen LogP contribution in [0.3, 0.4) is 0 Å². The molecule has 2 heterocycles. The molecule has 2 N–H and O–H groups in total. The second kappa shape index (κ2) is 9.21. The van der Waals surface area contributed by atoms with E-state index in [2.05, 4.69) is 29.8 Å². The third kappa shape index (κ3) is 4.43. The first-order chi connectivity index (χ1) is 13.2. The van der Waals surface area contributed by atoms with Gasteiger partial charge in [0.15, 0.2) is 11.5 Å². The van der Waals surface area contributed by atoms with E-state index in [9.17, 15) is 4.79 Å². The molecular formula is C20H27N2O4S+. The summed E-state index contributed by atoms with van der Waals surface area (Å²) in [5, 5.41) is 5.26. The number of morpholine rings is 1. The maximum atomic E-state index is 13.0. The third-order valence-electron chi connectivity index (χ3n) is 4.93. The number of amides is 1. The van der Waals surface area contributed by atoms with Crippen molar-refractivity contribution < 1.29 is 23.9 Å². The van der Waals surface area contributed by atoms with E-state index >= 15 is 0 Å². The fourth-order valence-corrected chi connectivity index (χ4v) is 4.64. The first-order valence-corrected chi connectivity index (χ1v) is 10.0. The van der Waals surface area contributed by atoms with Crippen LogP contribution in [0.25, 0.3) is 0 Å². The minimum Gasteiger partial charge on any atom is -0.493 e. The van der Waals surface area contributed by atoms with Crippen LogP contribution in [0.1, 0.15) is 28.2 Å². The number of carbonyl (C=O) groups excluding carboxylic acids is 1. The zero-order chi connectivity index (χ0) is 19.2. The van der Waals surface area contributed by atoms with Gasteiger partial charge in [0.2, 0.25) is 0 Å². The number of carbonyl (C=O) groups is 1. The molecule has 2 aromatic rings. The predicted molar refractivity (Wildman–Crippen MR) is 105 cm³/mol. The van der Waals surface area contributed by atoms with E-state index in [4.69, 9.17) is 14.2 Å². The minimum atomic E-state index is -0.160. The van der Waals surface area contributed by atoms with E-state index in [0.29, 0.717) is 17.1 Å². The zero-order valence-corrected chi connectivity index (χ0v) is 16.8. The van der Waals surface area contributed by atoms with Crippen molar-refractivity contribution in [3.63, 3.8) is 0 Å². The van der Waals surface area contributed by atoms with Crippen molar-refractivity contribution in [2.45, 2.75) is 19.0 Å². The maximum absolute atomic E-state index is 13.0. The molecule has 1 fully saturated rings. The second-order valence-electron chi connectivity index (χ2n) is 6.57. The lowest BCUT2D eigenvalue weighted by Gasteiger charge is -2.34. The predicted octanol–water partition coefficient (Wildman–Crippen LogP) is 1.54. The Labute approximate surface area is 164 Å². The summed E-state index contributed by atoms with van der Waals surface area (Å²) in [7, 11) is 3.11. The molecule has 7 heteroatoms. The van der Waals surface area contributed by atoms with Gasteiger partial charge in [-0.3, -0.25) is 4.79 Å². The van der Waals surface area contributed by atoms with Crippen LogP contribution < -0.4 is 19.7 Å². The van der Waals surface area contributed by atoms with Crippen molar-refractivity contribution in [1.82, 2.24) is 5.32 Å². The van der Waals surface area contributed by atoms with Crippen LogP contribution >= 0.6 is 11.3 Å². The molecule has 3 rings (SSSR count). The van der Waals surface area contributed by atoms with Gasteiger partial charge in [0.1, 0.15) is 19.1 Å². The molecule has 2 atom stereocenters. The molecule has 1 aromatic carbocycles. The molecule has 0 radical (unpaired) electrons. The number of para-hydroxylation sites is 1. The van der Waals surface area contributed by atoms with E-state index in [-0.39, 0.29) is 18.0 Å². The number of benzene rings is 1. The van der Waals surface area contributed by atoms with Gasteiger partial charge >= 0.3 is 0 Å². The first-order valence-electron chi connectivity index (χ1n) is 9.13. The normalized spacial score (nSPS) is 17.1. The Morgan fingerprint density at radius 2 is 1.96 bits per heavy atom. The van der Waals surface area contributed by atoms with E-state index in [1.54, 1.807) is 43.8 Å². The average molecular weight is 392 g/mol. The molecule has 0 unspecified atom stereocenters. The number of rotatable bonds is 7. The van der Waals surface area contributed by atoms with Gasteiger partial charge in [0.25, 0.3) is 5.91 Å². The van der Waals surface area contributed by atoms with Crippen LogP contribution in [0.15, 0.2) is 35.7 Å². The number of nitrogens with one attached hydrogen (secondary N) is 2. The van der Waals surface area contributed by atoms with Crippen LogP contribution in [-0.4, -0.2) is 52.5 Å². The maximum Gasteiger partial charge on any atom is 0.255 e. The lowest BCUT2D eigenvalue weighted by molar-refractivity contribution is -0.939. The smallest absolute Gasteiger partial charge is 0.255 e. The van der Waals surface area contributed by atoms with Crippen molar-refractivity contribution in [1.29, 1.82) is 0 Å².